The van der Waals surface area contributed by atoms with Gasteiger partial charge in [-0.15, -0.1) is 0 Å². The number of ether oxygens (including phenoxy) is 2. The molecule has 7 nitrogen and oxygen atoms in total. The van der Waals surface area contributed by atoms with Crippen molar-refractivity contribution in [2.45, 2.75) is 23.9 Å². The average Bonchev–Trinajstić information content (AvgIpc) is 2.90. The largest absolute Gasteiger partial charge is 0.496 e. The fourth-order valence-electron chi connectivity index (χ4n) is 4.47. The lowest BCUT2D eigenvalue weighted by atomic mass is 9.98. The van der Waals surface area contributed by atoms with E-state index in [1.54, 1.807) is 6.07 Å². The van der Waals surface area contributed by atoms with Crippen molar-refractivity contribution in [3.63, 3.8) is 0 Å². The number of hydrogen-bond donors (Lipinski definition) is 0. The first kappa shape index (κ1) is 28.5. The van der Waals surface area contributed by atoms with E-state index in [9.17, 15) is 30.8 Å². The molecule has 1 unspecified atom stereocenters. The number of rotatable bonds is 7. The van der Waals surface area contributed by atoms with Crippen molar-refractivity contribution >= 4 is 21.4 Å². The van der Waals surface area contributed by atoms with Gasteiger partial charge in [-0.2, -0.15) is 13.2 Å². The van der Waals surface area contributed by atoms with Gasteiger partial charge in [-0.05, 0) is 49.2 Å². The Balaban J connectivity index is 1.89. The van der Waals surface area contributed by atoms with Crippen molar-refractivity contribution in [2.75, 3.05) is 38.0 Å². The second-order valence-electron chi connectivity index (χ2n) is 9.25. The minimum atomic E-state index is -4.89. The lowest BCUT2D eigenvalue weighted by molar-refractivity contribution is -0.137. The first-order valence-corrected chi connectivity index (χ1v) is 13.9. The number of halogens is 4. The van der Waals surface area contributed by atoms with Gasteiger partial charge in [0.25, 0.3) is 5.91 Å². The summed E-state index contributed by atoms with van der Waals surface area (Å²) in [7, 11) is -2.72. The third-order valence-corrected chi connectivity index (χ3v) is 7.49. The Morgan fingerprint density at radius 1 is 1.15 bits per heavy atom. The number of nitrogens with zero attached hydrogens (tertiary/aromatic N) is 2. The number of alkyl halides is 3. The second kappa shape index (κ2) is 11.3. The van der Waals surface area contributed by atoms with Gasteiger partial charge in [-0.1, -0.05) is 0 Å². The van der Waals surface area contributed by atoms with Crippen LogP contribution >= 0.6 is 0 Å². The molecule has 2 heterocycles. The summed E-state index contributed by atoms with van der Waals surface area (Å²) < 4.78 is 90.4. The smallest absolute Gasteiger partial charge is 0.416 e. The minimum absolute atomic E-state index is 0.0610. The van der Waals surface area contributed by atoms with Gasteiger partial charge in [-0.3, -0.25) is 9.78 Å². The molecule has 12 heteroatoms. The zero-order valence-electron chi connectivity index (χ0n) is 21.2. The van der Waals surface area contributed by atoms with Gasteiger partial charge in [0.05, 0.1) is 36.1 Å². The van der Waals surface area contributed by atoms with E-state index < -0.39 is 43.8 Å². The Morgan fingerprint density at radius 3 is 2.56 bits per heavy atom. The van der Waals surface area contributed by atoms with Crippen molar-refractivity contribution in [3.8, 4) is 16.9 Å². The maximum Gasteiger partial charge on any atom is 0.416 e. The van der Waals surface area contributed by atoms with E-state index in [0.717, 1.165) is 18.7 Å². The number of carbonyl (C=O) groups is 1. The SMILES string of the molecule is COc1cc(F)ccc1-c1ccncc1N(CC1CCCOC1)C(=O)c1cc(C(F)(F)F)cc(S(C)(=O)=O)c1. The molecule has 208 valence electrons. The number of amides is 1. The summed E-state index contributed by atoms with van der Waals surface area (Å²) in [4.78, 5) is 18.7. The summed E-state index contributed by atoms with van der Waals surface area (Å²) in [5.41, 5.74) is -0.641. The van der Waals surface area contributed by atoms with Crippen LogP contribution in [0.4, 0.5) is 23.2 Å². The van der Waals surface area contributed by atoms with Crippen molar-refractivity contribution in [1.29, 1.82) is 0 Å². The molecule has 4 rings (SSSR count). The standard InChI is InChI=1S/C27H26F4N2O5S/c1-37-25-13-20(28)5-6-23(25)22-7-8-32-14-24(22)33(15-17-4-3-9-38-16-17)26(34)18-10-19(27(29,30)31)12-21(11-18)39(2,35)36/h5-8,10-14,17H,3-4,9,15-16H2,1-2H3. The third-order valence-electron chi connectivity index (χ3n) is 6.39. The molecule has 0 saturated carbocycles. The predicted molar refractivity (Wildman–Crippen MR) is 136 cm³/mol. The lowest BCUT2D eigenvalue weighted by Crippen LogP contribution is -2.38. The number of carbonyl (C=O) groups excluding carboxylic acids is 1. The van der Waals surface area contributed by atoms with Crippen LogP contribution in [-0.2, 0) is 20.8 Å². The topological polar surface area (TPSA) is 85.8 Å². The van der Waals surface area contributed by atoms with Gasteiger partial charge < -0.3 is 14.4 Å². The Bertz CT molecular complexity index is 1470. The second-order valence-corrected chi connectivity index (χ2v) is 11.3. The maximum absolute atomic E-state index is 14.0. The summed E-state index contributed by atoms with van der Waals surface area (Å²) in [5.74, 6) is -1.37. The van der Waals surface area contributed by atoms with Gasteiger partial charge in [-0.25, -0.2) is 12.8 Å². The normalized spacial score (nSPS) is 16.1. The predicted octanol–water partition coefficient (Wildman–Crippen LogP) is 5.39. The molecule has 0 bridgehead atoms. The highest BCUT2D eigenvalue weighted by atomic mass is 32.2. The van der Waals surface area contributed by atoms with E-state index in [0.29, 0.717) is 42.9 Å². The van der Waals surface area contributed by atoms with Crippen LogP contribution in [0.5, 0.6) is 5.75 Å². The highest BCUT2D eigenvalue weighted by Gasteiger charge is 2.34. The molecule has 1 fully saturated rings. The average molecular weight is 567 g/mol. The Kier molecular flexibility index (Phi) is 8.26. The van der Waals surface area contributed by atoms with Crippen LogP contribution in [0.1, 0.15) is 28.8 Å². The lowest BCUT2D eigenvalue weighted by Gasteiger charge is -2.31. The molecule has 1 atom stereocenters. The third kappa shape index (κ3) is 6.56. The Morgan fingerprint density at radius 2 is 1.92 bits per heavy atom. The molecule has 0 N–H and O–H groups in total. The van der Waals surface area contributed by atoms with Gasteiger partial charge >= 0.3 is 6.18 Å². The van der Waals surface area contributed by atoms with Crippen LogP contribution in [0.25, 0.3) is 11.1 Å². The van der Waals surface area contributed by atoms with Crippen LogP contribution < -0.4 is 9.64 Å². The van der Waals surface area contributed by atoms with Gasteiger partial charge in [0.1, 0.15) is 11.6 Å². The van der Waals surface area contributed by atoms with E-state index in [-0.39, 0.29) is 23.9 Å². The first-order chi connectivity index (χ1) is 18.4. The molecule has 3 aromatic rings. The van der Waals surface area contributed by atoms with Crippen LogP contribution in [0.3, 0.4) is 0 Å². The zero-order chi connectivity index (χ0) is 28.4. The zero-order valence-corrected chi connectivity index (χ0v) is 22.0. The summed E-state index contributed by atoms with van der Waals surface area (Å²) in [6.45, 7) is 0.947. The molecule has 1 aliphatic rings. The molecule has 0 spiro atoms. The van der Waals surface area contributed by atoms with Crippen LogP contribution in [0, 0.1) is 11.7 Å². The molecule has 1 amide bonds. The quantitative estimate of drug-likeness (QED) is 0.357. The number of benzene rings is 2. The number of pyridine rings is 1. The van der Waals surface area contributed by atoms with E-state index in [1.165, 1.54) is 42.6 Å². The van der Waals surface area contributed by atoms with Crippen molar-refractivity contribution in [1.82, 2.24) is 4.98 Å². The van der Waals surface area contributed by atoms with Crippen molar-refractivity contribution in [2.24, 2.45) is 5.92 Å². The van der Waals surface area contributed by atoms with E-state index in [4.69, 9.17) is 9.47 Å². The molecule has 1 saturated heterocycles. The molecular formula is C27H26F4N2O5S. The van der Waals surface area contributed by atoms with Gasteiger partial charge in [0.15, 0.2) is 9.84 Å². The Hall–Kier alpha value is -3.51. The summed E-state index contributed by atoms with van der Waals surface area (Å²) in [5, 5.41) is 0. The van der Waals surface area contributed by atoms with Crippen LogP contribution in [0.15, 0.2) is 59.8 Å². The van der Waals surface area contributed by atoms with E-state index in [2.05, 4.69) is 4.98 Å². The number of sulfone groups is 1. The van der Waals surface area contributed by atoms with Crippen molar-refractivity contribution < 1.29 is 40.2 Å². The molecular weight excluding hydrogens is 540 g/mol. The highest BCUT2D eigenvalue weighted by molar-refractivity contribution is 7.90. The summed E-state index contributed by atoms with van der Waals surface area (Å²) in [6.07, 6.45) is 0.161. The highest BCUT2D eigenvalue weighted by Crippen LogP contribution is 2.38. The fraction of sp³-hybridized carbons (Fsp3) is 0.333. The summed E-state index contributed by atoms with van der Waals surface area (Å²) >= 11 is 0. The Labute approximate surface area is 223 Å². The van der Waals surface area contributed by atoms with Crippen LogP contribution in [0.2, 0.25) is 0 Å². The van der Waals surface area contributed by atoms with Crippen molar-refractivity contribution in [3.05, 3.63) is 71.8 Å². The maximum atomic E-state index is 14.0. The molecule has 1 aromatic heterocycles. The number of hydrogen-bond acceptors (Lipinski definition) is 6. The fourth-order valence-corrected chi connectivity index (χ4v) is 5.15. The number of anilines is 1. The van der Waals surface area contributed by atoms with E-state index >= 15 is 0 Å². The van der Waals surface area contributed by atoms with Gasteiger partial charge in [0.2, 0.25) is 0 Å². The first-order valence-electron chi connectivity index (χ1n) is 12.0. The number of aromatic nitrogens is 1. The molecule has 1 aliphatic heterocycles. The molecule has 0 radical (unpaired) electrons. The molecule has 2 aromatic carbocycles. The van der Waals surface area contributed by atoms with E-state index in [1.807, 2.05) is 0 Å². The minimum Gasteiger partial charge on any atom is -0.496 e. The molecule has 0 aliphatic carbocycles. The number of methoxy groups -OCH3 is 1. The monoisotopic (exact) mass is 566 g/mol. The van der Waals surface area contributed by atoms with Gasteiger partial charge in [0, 0.05) is 54.3 Å². The van der Waals surface area contributed by atoms with Crippen LogP contribution in [-0.4, -0.2) is 52.4 Å². The summed E-state index contributed by atoms with van der Waals surface area (Å²) in [6, 6.07) is 7.51. The molecule has 39 heavy (non-hydrogen) atoms.